The maximum absolute atomic E-state index is 11.9. The van der Waals surface area contributed by atoms with Crippen molar-refractivity contribution >= 4 is 28.9 Å². The van der Waals surface area contributed by atoms with Crippen molar-refractivity contribution in [1.82, 2.24) is 9.97 Å². The van der Waals surface area contributed by atoms with Gasteiger partial charge in [0.25, 0.3) is 0 Å². The number of amides is 1. The van der Waals surface area contributed by atoms with E-state index in [4.69, 9.17) is 8.83 Å². The molecule has 1 amide bonds. The molecular formula is C19H13N3O3. The number of nitrogens with one attached hydrogen (secondary N) is 1. The molecule has 0 fully saturated rings. The number of nitrogens with zero attached hydrogens (tertiary/aromatic N) is 2. The van der Waals surface area contributed by atoms with Gasteiger partial charge in [0.15, 0.2) is 11.2 Å². The molecule has 0 atom stereocenters. The summed E-state index contributed by atoms with van der Waals surface area (Å²) in [6.07, 6.45) is 6.25. The molecule has 6 nitrogen and oxygen atoms in total. The van der Waals surface area contributed by atoms with Gasteiger partial charge in [0.1, 0.15) is 5.76 Å². The monoisotopic (exact) mass is 331 g/mol. The predicted octanol–water partition coefficient (Wildman–Crippen LogP) is 4.13. The standard InChI is InChI=1S/C19H13N3O3/c23-17(10-9-15-3-2-12-24-15)21-14-7-5-13(6-8-14)19-22-18-16(25-19)4-1-11-20-18/h1-12H,(H,21,23). The first-order chi connectivity index (χ1) is 12.3. The molecule has 3 heterocycles. The number of aromatic nitrogens is 2. The first kappa shape index (κ1) is 14.9. The van der Waals surface area contributed by atoms with Crippen LogP contribution >= 0.6 is 0 Å². The van der Waals surface area contributed by atoms with Gasteiger partial charge in [0.2, 0.25) is 11.8 Å². The van der Waals surface area contributed by atoms with Crippen LogP contribution in [0.4, 0.5) is 5.69 Å². The van der Waals surface area contributed by atoms with E-state index in [1.54, 1.807) is 48.9 Å². The molecule has 0 unspecified atom stereocenters. The van der Waals surface area contributed by atoms with Gasteiger partial charge in [-0.15, -0.1) is 0 Å². The van der Waals surface area contributed by atoms with Gasteiger partial charge in [0.05, 0.1) is 6.26 Å². The van der Waals surface area contributed by atoms with Gasteiger partial charge < -0.3 is 14.2 Å². The van der Waals surface area contributed by atoms with E-state index in [1.807, 2.05) is 18.2 Å². The minimum atomic E-state index is -0.241. The molecule has 0 spiro atoms. The Kier molecular flexibility index (Phi) is 3.84. The summed E-state index contributed by atoms with van der Waals surface area (Å²) in [6.45, 7) is 0. The largest absolute Gasteiger partial charge is 0.465 e. The summed E-state index contributed by atoms with van der Waals surface area (Å²) in [7, 11) is 0. The summed E-state index contributed by atoms with van der Waals surface area (Å²) in [5, 5.41) is 2.78. The van der Waals surface area contributed by atoms with E-state index in [1.165, 1.54) is 6.08 Å². The molecule has 0 aliphatic rings. The van der Waals surface area contributed by atoms with E-state index in [9.17, 15) is 4.79 Å². The average Bonchev–Trinajstić information content (AvgIpc) is 3.30. The fraction of sp³-hybridized carbons (Fsp3) is 0. The fourth-order valence-electron chi connectivity index (χ4n) is 2.32. The molecule has 25 heavy (non-hydrogen) atoms. The summed E-state index contributed by atoms with van der Waals surface area (Å²) in [5.74, 6) is 0.870. The average molecular weight is 331 g/mol. The lowest BCUT2D eigenvalue weighted by Crippen LogP contribution is -2.07. The van der Waals surface area contributed by atoms with E-state index >= 15 is 0 Å². The Morgan fingerprint density at radius 1 is 1.08 bits per heavy atom. The van der Waals surface area contributed by atoms with Gasteiger partial charge in [-0.25, -0.2) is 4.98 Å². The Balaban J connectivity index is 1.47. The van der Waals surface area contributed by atoms with Crippen molar-refractivity contribution in [2.45, 2.75) is 0 Å². The second-order valence-electron chi connectivity index (χ2n) is 5.26. The molecule has 0 aliphatic carbocycles. The fourth-order valence-corrected chi connectivity index (χ4v) is 2.32. The van der Waals surface area contributed by atoms with Crippen LogP contribution in [0.1, 0.15) is 5.76 Å². The Morgan fingerprint density at radius 3 is 2.72 bits per heavy atom. The van der Waals surface area contributed by atoms with Crippen molar-refractivity contribution < 1.29 is 13.6 Å². The van der Waals surface area contributed by atoms with Crippen LogP contribution < -0.4 is 5.32 Å². The van der Waals surface area contributed by atoms with E-state index in [-0.39, 0.29) is 5.91 Å². The molecule has 4 aromatic rings. The summed E-state index contributed by atoms with van der Waals surface area (Å²) < 4.78 is 10.8. The topological polar surface area (TPSA) is 81.2 Å². The highest BCUT2D eigenvalue weighted by atomic mass is 16.3. The lowest BCUT2D eigenvalue weighted by molar-refractivity contribution is -0.111. The van der Waals surface area contributed by atoms with Crippen molar-refractivity contribution in [3.63, 3.8) is 0 Å². The highest BCUT2D eigenvalue weighted by Gasteiger charge is 2.08. The Morgan fingerprint density at radius 2 is 1.96 bits per heavy atom. The summed E-state index contributed by atoms with van der Waals surface area (Å²) in [5.41, 5.74) is 2.69. The van der Waals surface area contributed by atoms with Crippen LogP contribution in [0, 0.1) is 0 Å². The molecule has 3 aromatic heterocycles. The van der Waals surface area contributed by atoms with Crippen molar-refractivity contribution in [2.24, 2.45) is 0 Å². The SMILES string of the molecule is O=C(C=Cc1ccco1)Nc1ccc(-c2nc3ncccc3o2)cc1. The maximum Gasteiger partial charge on any atom is 0.248 e. The minimum absolute atomic E-state index is 0.241. The van der Waals surface area contributed by atoms with Crippen molar-refractivity contribution in [2.75, 3.05) is 5.32 Å². The van der Waals surface area contributed by atoms with E-state index < -0.39 is 0 Å². The number of pyridine rings is 1. The first-order valence-electron chi connectivity index (χ1n) is 7.62. The highest BCUT2D eigenvalue weighted by Crippen LogP contribution is 2.24. The van der Waals surface area contributed by atoms with Crippen molar-refractivity contribution in [3.8, 4) is 11.5 Å². The Bertz CT molecular complexity index is 998. The molecule has 0 saturated carbocycles. The van der Waals surface area contributed by atoms with Gasteiger partial charge in [0, 0.05) is 23.5 Å². The lowest BCUT2D eigenvalue weighted by Gasteiger charge is -2.02. The maximum atomic E-state index is 11.9. The third kappa shape index (κ3) is 3.32. The van der Waals surface area contributed by atoms with Crippen molar-refractivity contribution in [3.05, 3.63) is 72.8 Å². The number of hydrogen-bond donors (Lipinski definition) is 1. The zero-order valence-electron chi connectivity index (χ0n) is 13.0. The van der Waals surface area contributed by atoms with Gasteiger partial charge in [-0.05, 0) is 54.6 Å². The summed E-state index contributed by atoms with van der Waals surface area (Å²) in [4.78, 5) is 20.4. The number of furan rings is 1. The number of rotatable bonds is 4. The molecule has 6 heteroatoms. The quantitative estimate of drug-likeness (QED) is 0.569. The molecule has 1 N–H and O–H groups in total. The number of fused-ring (bicyclic) bond motifs is 1. The predicted molar refractivity (Wildman–Crippen MR) is 93.6 cm³/mol. The number of anilines is 1. The zero-order chi connectivity index (χ0) is 17.1. The molecular weight excluding hydrogens is 318 g/mol. The summed E-state index contributed by atoms with van der Waals surface area (Å²) in [6, 6.07) is 14.4. The lowest BCUT2D eigenvalue weighted by atomic mass is 10.2. The van der Waals surface area contributed by atoms with E-state index in [2.05, 4.69) is 15.3 Å². The van der Waals surface area contributed by atoms with Gasteiger partial charge >= 0.3 is 0 Å². The highest BCUT2D eigenvalue weighted by molar-refractivity contribution is 6.01. The molecule has 0 radical (unpaired) electrons. The smallest absolute Gasteiger partial charge is 0.248 e. The third-order valence-corrected chi connectivity index (χ3v) is 3.51. The van der Waals surface area contributed by atoms with Crippen LogP contribution in [0.25, 0.3) is 28.8 Å². The van der Waals surface area contributed by atoms with Gasteiger partial charge in [-0.3, -0.25) is 4.79 Å². The number of carbonyl (C=O) groups is 1. The number of hydrogen-bond acceptors (Lipinski definition) is 5. The zero-order valence-corrected chi connectivity index (χ0v) is 13.0. The second kappa shape index (κ2) is 6.45. The van der Waals surface area contributed by atoms with Gasteiger partial charge in [-0.2, -0.15) is 4.98 Å². The van der Waals surface area contributed by atoms with Crippen LogP contribution in [-0.2, 0) is 4.79 Å². The van der Waals surface area contributed by atoms with E-state index in [0.29, 0.717) is 28.6 Å². The van der Waals surface area contributed by atoms with Gasteiger partial charge in [-0.1, -0.05) is 0 Å². The van der Waals surface area contributed by atoms with Crippen LogP contribution in [0.3, 0.4) is 0 Å². The van der Waals surface area contributed by atoms with Crippen LogP contribution in [0.15, 0.2) is 75.9 Å². The van der Waals surface area contributed by atoms with Crippen molar-refractivity contribution in [1.29, 1.82) is 0 Å². The molecule has 0 aliphatic heterocycles. The first-order valence-corrected chi connectivity index (χ1v) is 7.62. The molecule has 1 aromatic carbocycles. The van der Waals surface area contributed by atoms with Crippen LogP contribution in [0.2, 0.25) is 0 Å². The van der Waals surface area contributed by atoms with Crippen LogP contribution in [0.5, 0.6) is 0 Å². The number of benzene rings is 1. The Labute approximate surface area is 142 Å². The van der Waals surface area contributed by atoms with E-state index in [0.717, 1.165) is 5.56 Å². The molecule has 0 bridgehead atoms. The molecule has 122 valence electrons. The molecule has 4 rings (SSSR count). The summed E-state index contributed by atoms with van der Waals surface area (Å²) >= 11 is 0. The number of carbonyl (C=O) groups excluding carboxylic acids is 1. The molecule has 0 saturated heterocycles. The number of oxazole rings is 1. The normalized spacial score (nSPS) is 11.2. The second-order valence-corrected chi connectivity index (χ2v) is 5.26. The Hall–Kier alpha value is -3.67. The van der Waals surface area contributed by atoms with Crippen LogP contribution in [-0.4, -0.2) is 15.9 Å². The third-order valence-electron chi connectivity index (χ3n) is 3.51. The minimum Gasteiger partial charge on any atom is -0.465 e.